The van der Waals surface area contributed by atoms with Crippen LogP contribution in [-0.2, 0) is 11.1 Å². The van der Waals surface area contributed by atoms with Gasteiger partial charge in [-0.2, -0.15) is 0 Å². The smallest absolute Gasteiger partial charge is 0.321 e. The molecule has 0 bridgehead atoms. The Morgan fingerprint density at radius 2 is 1.60 bits per heavy atom. The third kappa shape index (κ3) is 3.85. The van der Waals surface area contributed by atoms with Gasteiger partial charge in [-0.25, -0.2) is 9.00 Å². The fourth-order valence-corrected chi connectivity index (χ4v) is 3.15. The molecule has 1 aliphatic heterocycles. The average Bonchev–Trinajstić information content (AvgIpc) is 3.07. The third-order valence-corrected chi connectivity index (χ3v) is 4.70. The van der Waals surface area contributed by atoms with Crippen LogP contribution in [0, 0.1) is 0 Å². The van der Waals surface area contributed by atoms with Crippen molar-refractivity contribution in [3.05, 3.63) is 42.5 Å². The monoisotopic (exact) mass is 362 g/mol. The van der Waals surface area contributed by atoms with Gasteiger partial charge < -0.3 is 19.0 Å². The highest BCUT2D eigenvalue weighted by Gasteiger charge is 2.21. The summed E-state index contributed by atoms with van der Waals surface area (Å²) < 4.78 is 28.2. The highest BCUT2D eigenvalue weighted by Crippen LogP contribution is 2.29. The van der Waals surface area contributed by atoms with E-state index in [9.17, 15) is 9.00 Å². The van der Waals surface area contributed by atoms with Crippen molar-refractivity contribution in [2.45, 2.75) is 4.90 Å². The molecule has 1 saturated heterocycles. The summed E-state index contributed by atoms with van der Waals surface area (Å²) in [6.07, 6.45) is 0. The van der Waals surface area contributed by atoms with E-state index in [0.29, 0.717) is 35.2 Å². The van der Waals surface area contributed by atoms with Crippen molar-refractivity contribution in [3.63, 3.8) is 0 Å². The summed E-state index contributed by atoms with van der Waals surface area (Å²) in [5, 5.41) is 2.74. The molecule has 2 aromatic rings. The Morgan fingerprint density at radius 3 is 2.12 bits per heavy atom. The zero-order valence-corrected chi connectivity index (χ0v) is 14.7. The number of amides is 2. The normalized spacial score (nSPS) is 14.8. The minimum Gasteiger partial charge on any atom is -0.496 e. The summed E-state index contributed by atoms with van der Waals surface area (Å²) in [6, 6.07) is 11.7. The maximum absolute atomic E-state index is 12.4. The fourth-order valence-electron chi connectivity index (χ4n) is 2.42. The number of nitrogens with zero attached hydrogens (tertiary/aromatic N) is 1. The standard InChI is InChI=1S/C17H18N2O5S/c1-22-13-9-14(23-2)11-15(10-13)24-25(21)16-5-3-12(4-6-16)19-8-7-18-17(19)20/h3-6,9-11H,7-8H2,1-2H3,(H,18,20). The molecule has 25 heavy (non-hydrogen) atoms. The molecule has 1 fully saturated rings. The molecule has 132 valence electrons. The zero-order chi connectivity index (χ0) is 17.8. The maximum Gasteiger partial charge on any atom is 0.321 e. The van der Waals surface area contributed by atoms with E-state index in [2.05, 4.69) is 5.32 Å². The predicted octanol–water partition coefficient (Wildman–Crippen LogP) is 2.33. The van der Waals surface area contributed by atoms with E-state index in [-0.39, 0.29) is 6.03 Å². The second-order valence-corrected chi connectivity index (χ2v) is 6.35. The Hall–Kier alpha value is -2.74. The highest BCUT2D eigenvalue weighted by molar-refractivity contribution is 7.80. The largest absolute Gasteiger partial charge is 0.496 e. The second-order valence-electron chi connectivity index (χ2n) is 5.24. The molecule has 2 aromatic carbocycles. The lowest BCUT2D eigenvalue weighted by Gasteiger charge is -2.14. The molecule has 1 atom stereocenters. The van der Waals surface area contributed by atoms with Gasteiger partial charge in [0.2, 0.25) is 11.1 Å². The molecule has 0 spiro atoms. The predicted molar refractivity (Wildman–Crippen MR) is 93.8 cm³/mol. The first kappa shape index (κ1) is 17.1. The Morgan fingerprint density at radius 1 is 1.00 bits per heavy atom. The van der Waals surface area contributed by atoms with Gasteiger partial charge in [-0.3, -0.25) is 4.90 Å². The van der Waals surface area contributed by atoms with Crippen LogP contribution in [0.3, 0.4) is 0 Å². The van der Waals surface area contributed by atoms with Crippen LogP contribution in [-0.4, -0.2) is 37.5 Å². The Kier molecular flexibility index (Phi) is 5.08. The molecule has 7 nitrogen and oxygen atoms in total. The van der Waals surface area contributed by atoms with Crippen LogP contribution in [0.1, 0.15) is 0 Å². The molecule has 0 aliphatic carbocycles. The molecular formula is C17H18N2O5S. The van der Waals surface area contributed by atoms with Gasteiger partial charge in [0.15, 0.2) is 0 Å². The molecule has 2 amide bonds. The van der Waals surface area contributed by atoms with Crippen LogP contribution in [0.2, 0.25) is 0 Å². The molecular weight excluding hydrogens is 344 g/mol. The first-order valence-corrected chi connectivity index (χ1v) is 8.67. The van der Waals surface area contributed by atoms with Gasteiger partial charge in [-0.15, -0.1) is 0 Å². The van der Waals surface area contributed by atoms with E-state index < -0.39 is 11.1 Å². The summed E-state index contributed by atoms with van der Waals surface area (Å²) >= 11 is -1.70. The minimum absolute atomic E-state index is 0.131. The number of urea groups is 1. The summed E-state index contributed by atoms with van der Waals surface area (Å²) in [5.74, 6) is 1.46. The van der Waals surface area contributed by atoms with Crippen LogP contribution in [0.25, 0.3) is 0 Å². The van der Waals surface area contributed by atoms with Crippen molar-refractivity contribution >= 4 is 22.8 Å². The van der Waals surface area contributed by atoms with Crippen molar-refractivity contribution in [2.24, 2.45) is 0 Å². The molecule has 0 radical (unpaired) electrons. The van der Waals surface area contributed by atoms with Gasteiger partial charge in [0.25, 0.3) is 0 Å². The second kappa shape index (κ2) is 7.43. The number of nitrogens with one attached hydrogen (secondary N) is 1. The number of ether oxygens (including phenoxy) is 2. The van der Waals surface area contributed by atoms with E-state index in [0.717, 1.165) is 5.69 Å². The topological polar surface area (TPSA) is 77.1 Å². The van der Waals surface area contributed by atoms with E-state index in [1.54, 1.807) is 47.4 Å². The van der Waals surface area contributed by atoms with Crippen LogP contribution < -0.4 is 23.9 Å². The minimum atomic E-state index is -1.70. The molecule has 1 aliphatic rings. The number of methoxy groups -OCH3 is 2. The lowest BCUT2D eigenvalue weighted by molar-refractivity contribution is 0.252. The van der Waals surface area contributed by atoms with Gasteiger partial charge in [0, 0.05) is 37.0 Å². The molecule has 1 heterocycles. The number of hydrogen-bond donors (Lipinski definition) is 1. The lowest BCUT2D eigenvalue weighted by Crippen LogP contribution is -2.27. The Bertz CT molecular complexity index is 772. The van der Waals surface area contributed by atoms with Crippen molar-refractivity contribution < 1.29 is 22.7 Å². The van der Waals surface area contributed by atoms with Crippen LogP contribution in [0.5, 0.6) is 17.2 Å². The number of benzene rings is 2. The Labute approximate surface area is 148 Å². The highest BCUT2D eigenvalue weighted by atomic mass is 32.2. The van der Waals surface area contributed by atoms with E-state index in [1.165, 1.54) is 14.2 Å². The summed E-state index contributed by atoms with van der Waals surface area (Å²) in [7, 11) is 3.06. The molecule has 1 unspecified atom stereocenters. The van der Waals surface area contributed by atoms with Gasteiger partial charge in [0.05, 0.1) is 19.1 Å². The van der Waals surface area contributed by atoms with Crippen molar-refractivity contribution in [3.8, 4) is 17.2 Å². The number of carbonyl (C=O) groups excluding carboxylic acids is 1. The van der Waals surface area contributed by atoms with Gasteiger partial charge in [-0.05, 0) is 24.3 Å². The maximum atomic E-state index is 12.4. The quantitative estimate of drug-likeness (QED) is 0.853. The lowest BCUT2D eigenvalue weighted by atomic mass is 10.3. The van der Waals surface area contributed by atoms with Crippen LogP contribution in [0.4, 0.5) is 10.5 Å². The van der Waals surface area contributed by atoms with Crippen molar-refractivity contribution in [1.82, 2.24) is 5.32 Å². The zero-order valence-electron chi connectivity index (χ0n) is 13.9. The molecule has 0 aromatic heterocycles. The average molecular weight is 362 g/mol. The summed E-state index contributed by atoms with van der Waals surface area (Å²) in [5.41, 5.74) is 0.749. The van der Waals surface area contributed by atoms with Gasteiger partial charge in [0.1, 0.15) is 17.2 Å². The molecule has 3 rings (SSSR count). The summed E-state index contributed by atoms with van der Waals surface area (Å²) in [4.78, 5) is 13.8. The van der Waals surface area contributed by atoms with Crippen LogP contribution >= 0.6 is 0 Å². The number of carbonyl (C=O) groups is 1. The van der Waals surface area contributed by atoms with E-state index in [1.807, 2.05) is 0 Å². The number of anilines is 1. The number of hydrogen-bond acceptors (Lipinski definition) is 5. The number of rotatable bonds is 6. The molecule has 1 N–H and O–H groups in total. The Balaban J connectivity index is 1.74. The van der Waals surface area contributed by atoms with Gasteiger partial charge in [-0.1, -0.05) is 0 Å². The molecule has 0 saturated carbocycles. The van der Waals surface area contributed by atoms with Crippen molar-refractivity contribution in [2.75, 3.05) is 32.2 Å². The van der Waals surface area contributed by atoms with Crippen LogP contribution in [0.15, 0.2) is 47.4 Å². The van der Waals surface area contributed by atoms with E-state index >= 15 is 0 Å². The first-order valence-electron chi connectivity index (χ1n) is 7.59. The van der Waals surface area contributed by atoms with Crippen molar-refractivity contribution in [1.29, 1.82) is 0 Å². The van der Waals surface area contributed by atoms with E-state index in [4.69, 9.17) is 13.7 Å². The summed E-state index contributed by atoms with van der Waals surface area (Å²) in [6.45, 7) is 1.23. The van der Waals surface area contributed by atoms with Gasteiger partial charge >= 0.3 is 6.03 Å². The first-order chi connectivity index (χ1) is 12.1. The third-order valence-electron chi connectivity index (χ3n) is 3.69. The fraction of sp³-hybridized carbons (Fsp3) is 0.235. The SMILES string of the molecule is COc1cc(OC)cc(OS(=O)c2ccc(N3CCNC3=O)cc2)c1. The molecule has 8 heteroatoms.